The van der Waals surface area contributed by atoms with E-state index in [1.54, 1.807) is 43.5 Å². The molecule has 0 fully saturated rings. The maximum atomic E-state index is 5.85. The Morgan fingerprint density at radius 3 is 2.31 bits per heavy atom. The molecule has 0 aliphatic heterocycles. The third-order valence-corrected chi connectivity index (χ3v) is 3.84. The van der Waals surface area contributed by atoms with Gasteiger partial charge in [-0.25, -0.2) is 0 Å². The monoisotopic (exact) mass is 376 g/mol. The van der Waals surface area contributed by atoms with Crippen LogP contribution in [0.15, 0.2) is 40.9 Å². The van der Waals surface area contributed by atoms with Crippen molar-refractivity contribution in [2.45, 2.75) is 6.61 Å². The Balaban J connectivity index is 1.82. The number of halogens is 1. The normalized spacial score (nSPS) is 10.5. The Hall–Kier alpha value is -2.93. The van der Waals surface area contributed by atoms with Gasteiger partial charge in [0.15, 0.2) is 18.1 Å². The number of hydrogen-bond donors (Lipinski definition) is 0. The van der Waals surface area contributed by atoms with E-state index in [1.807, 2.05) is 0 Å². The summed E-state index contributed by atoms with van der Waals surface area (Å²) in [5, 5.41) is 4.63. The van der Waals surface area contributed by atoms with Crippen molar-refractivity contribution in [3.05, 3.63) is 47.3 Å². The smallest absolute Gasteiger partial charge is 0.264 e. The molecule has 7 nitrogen and oxygen atoms in total. The lowest BCUT2D eigenvalue weighted by molar-refractivity contribution is 0.243. The third kappa shape index (κ3) is 3.67. The van der Waals surface area contributed by atoms with Crippen LogP contribution >= 0.6 is 11.6 Å². The van der Waals surface area contributed by atoms with Crippen LogP contribution in [0.3, 0.4) is 0 Å². The number of aromatic nitrogens is 2. The van der Waals surface area contributed by atoms with Crippen molar-refractivity contribution < 1.29 is 23.5 Å². The second-order valence-electron chi connectivity index (χ2n) is 5.14. The molecule has 0 aliphatic carbocycles. The predicted molar refractivity (Wildman–Crippen MR) is 95.2 cm³/mol. The lowest BCUT2D eigenvalue weighted by atomic mass is 10.1. The SMILES string of the molecule is COc1ccc(-c2noc(COc3ccc(Cl)cc3)n2)c(OC)c1OC. The van der Waals surface area contributed by atoms with Crippen molar-refractivity contribution in [1.29, 1.82) is 0 Å². The van der Waals surface area contributed by atoms with Gasteiger partial charge in [-0.2, -0.15) is 4.98 Å². The van der Waals surface area contributed by atoms with E-state index in [0.29, 0.717) is 45.3 Å². The zero-order valence-corrected chi connectivity index (χ0v) is 15.2. The molecule has 0 aliphatic rings. The average Bonchev–Trinajstić information content (AvgIpc) is 3.15. The van der Waals surface area contributed by atoms with Crippen molar-refractivity contribution >= 4 is 11.6 Å². The summed E-state index contributed by atoms with van der Waals surface area (Å²) in [4.78, 5) is 4.35. The van der Waals surface area contributed by atoms with Crippen LogP contribution in [-0.4, -0.2) is 31.5 Å². The molecule has 0 spiro atoms. The van der Waals surface area contributed by atoms with E-state index in [1.165, 1.54) is 14.2 Å². The molecule has 0 saturated heterocycles. The summed E-state index contributed by atoms with van der Waals surface area (Å²) in [7, 11) is 4.62. The average molecular weight is 377 g/mol. The van der Waals surface area contributed by atoms with E-state index in [9.17, 15) is 0 Å². The maximum absolute atomic E-state index is 5.85. The van der Waals surface area contributed by atoms with Crippen LogP contribution in [0.1, 0.15) is 5.89 Å². The Bertz CT molecular complexity index is 880. The summed E-state index contributed by atoms with van der Waals surface area (Å²) in [5.41, 5.74) is 0.617. The fourth-order valence-electron chi connectivity index (χ4n) is 2.38. The number of nitrogens with zero attached hydrogens (tertiary/aromatic N) is 2. The van der Waals surface area contributed by atoms with Crippen LogP contribution < -0.4 is 18.9 Å². The Morgan fingerprint density at radius 1 is 0.923 bits per heavy atom. The highest BCUT2D eigenvalue weighted by Crippen LogP contribution is 2.43. The highest BCUT2D eigenvalue weighted by Gasteiger charge is 2.20. The predicted octanol–water partition coefficient (Wildman–Crippen LogP) is 3.99. The Labute approximate surface area is 155 Å². The second kappa shape index (κ2) is 7.97. The maximum Gasteiger partial charge on any atom is 0.264 e. The Kier molecular flexibility index (Phi) is 5.48. The van der Waals surface area contributed by atoms with Crippen LogP contribution in [-0.2, 0) is 6.61 Å². The van der Waals surface area contributed by atoms with E-state index in [-0.39, 0.29) is 6.61 Å². The minimum absolute atomic E-state index is 0.129. The molecule has 0 radical (unpaired) electrons. The van der Waals surface area contributed by atoms with Gasteiger partial charge in [0.1, 0.15) is 5.75 Å². The summed E-state index contributed by atoms with van der Waals surface area (Å²) < 4.78 is 26.9. The largest absolute Gasteiger partial charge is 0.493 e. The first-order chi connectivity index (χ1) is 12.7. The van der Waals surface area contributed by atoms with Gasteiger partial charge in [0.25, 0.3) is 5.89 Å². The molecule has 0 atom stereocenters. The standard InChI is InChI=1S/C18H17ClN2O5/c1-22-14-9-8-13(16(23-2)17(14)24-3)18-20-15(26-21-18)10-25-12-6-4-11(19)5-7-12/h4-9H,10H2,1-3H3. The van der Waals surface area contributed by atoms with Crippen LogP contribution in [0.2, 0.25) is 5.02 Å². The first-order valence-electron chi connectivity index (χ1n) is 7.66. The van der Waals surface area contributed by atoms with Crippen molar-refractivity contribution in [2.24, 2.45) is 0 Å². The van der Waals surface area contributed by atoms with E-state index < -0.39 is 0 Å². The van der Waals surface area contributed by atoms with Crippen LogP contribution in [0.4, 0.5) is 0 Å². The molecule has 26 heavy (non-hydrogen) atoms. The number of methoxy groups -OCH3 is 3. The van der Waals surface area contributed by atoms with Crippen molar-refractivity contribution in [3.8, 4) is 34.4 Å². The van der Waals surface area contributed by atoms with Crippen molar-refractivity contribution in [2.75, 3.05) is 21.3 Å². The van der Waals surface area contributed by atoms with E-state index in [2.05, 4.69) is 10.1 Å². The number of hydrogen-bond acceptors (Lipinski definition) is 7. The molecule has 0 amide bonds. The molecule has 1 aromatic heterocycles. The zero-order valence-electron chi connectivity index (χ0n) is 14.5. The quantitative estimate of drug-likeness (QED) is 0.617. The second-order valence-corrected chi connectivity index (χ2v) is 5.57. The number of benzene rings is 2. The van der Waals surface area contributed by atoms with Crippen LogP contribution in [0.25, 0.3) is 11.4 Å². The number of ether oxygens (including phenoxy) is 4. The van der Waals surface area contributed by atoms with Gasteiger partial charge in [0.2, 0.25) is 11.6 Å². The van der Waals surface area contributed by atoms with Crippen LogP contribution in [0, 0.1) is 0 Å². The molecule has 136 valence electrons. The molecule has 3 rings (SSSR count). The third-order valence-electron chi connectivity index (χ3n) is 3.59. The highest BCUT2D eigenvalue weighted by molar-refractivity contribution is 6.30. The summed E-state index contributed by atoms with van der Waals surface area (Å²) >= 11 is 5.85. The molecular weight excluding hydrogens is 360 g/mol. The van der Waals surface area contributed by atoms with Crippen LogP contribution in [0.5, 0.6) is 23.0 Å². The van der Waals surface area contributed by atoms with Gasteiger partial charge in [0.05, 0.1) is 26.9 Å². The fraction of sp³-hybridized carbons (Fsp3) is 0.222. The van der Waals surface area contributed by atoms with Gasteiger partial charge in [-0.15, -0.1) is 0 Å². The van der Waals surface area contributed by atoms with Gasteiger partial charge in [-0.05, 0) is 36.4 Å². The molecule has 0 unspecified atom stereocenters. The minimum Gasteiger partial charge on any atom is -0.493 e. The zero-order chi connectivity index (χ0) is 18.5. The van der Waals surface area contributed by atoms with Gasteiger partial charge in [-0.3, -0.25) is 0 Å². The fourth-order valence-corrected chi connectivity index (χ4v) is 2.50. The molecule has 1 heterocycles. The van der Waals surface area contributed by atoms with Gasteiger partial charge in [0, 0.05) is 5.02 Å². The van der Waals surface area contributed by atoms with Gasteiger partial charge in [-0.1, -0.05) is 16.8 Å². The summed E-state index contributed by atoms with van der Waals surface area (Å²) in [6.45, 7) is 0.129. The topological polar surface area (TPSA) is 75.8 Å². The molecule has 0 bridgehead atoms. The summed E-state index contributed by atoms with van der Waals surface area (Å²) in [6.07, 6.45) is 0. The molecule has 8 heteroatoms. The first kappa shape index (κ1) is 17.9. The lowest BCUT2D eigenvalue weighted by Crippen LogP contribution is -1.98. The minimum atomic E-state index is 0.129. The Morgan fingerprint density at radius 2 is 1.65 bits per heavy atom. The van der Waals surface area contributed by atoms with Gasteiger partial charge < -0.3 is 23.5 Å². The molecule has 0 saturated carbocycles. The van der Waals surface area contributed by atoms with E-state index >= 15 is 0 Å². The van der Waals surface area contributed by atoms with Crippen molar-refractivity contribution in [1.82, 2.24) is 10.1 Å². The number of rotatable bonds is 7. The molecular formula is C18H17ClN2O5. The van der Waals surface area contributed by atoms with E-state index in [4.69, 9.17) is 35.1 Å². The first-order valence-corrected chi connectivity index (χ1v) is 8.04. The van der Waals surface area contributed by atoms with E-state index in [0.717, 1.165) is 0 Å². The lowest BCUT2D eigenvalue weighted by Gasteiger charge is -2.13. The highest BCUT2D eigenvalue weighted by atomic mass is 35.5. The van der Waals surface area contributed by atoms with Crippen molar-refractivity contribution in [3.63, 3.8) is 0 Å². The molecule has 0 N–H and O–H groups in total. The molecule has 2 aromatic carbocycles. The molecule has 3 aromatic rings. The summed E-state index contributed by atoms with van der Waals surface area (Å²) in [6, 6.07) is 10.5. The van der Waals surface area contributed by atoms with Gasteiger partial charge >= 0.3 is 0 Å². The summed E-state index contributed by atoms with van der Waals surface area (Å²) in [5.74, 6) is 2.79.